The van der Waals surface area contributed by atoms with E-state index >= 15 is 0 Å². The Labute approximate surface area is 116 Å². The summed E-state index contributed by atoms with van der Waals surface area (Å²) in [5.41, 5.74) is -4.88. The van der Waals surface area contributed by atoms with Gasteiger partial charge in [0.15, 0.2) is 0 Å². The topological polar surface area (TPSA) is 46.5 Å². The third kappa shape index (κ3) is 4.12. The van der Waals surface area contributed by atoms with Crippen LogP contribution in [0.15, 0.2) is 12.2 Å². The lowest BCUT2D eigenvalue weighted by atomic mass is 9.94. The number of halogens is 6. The van der Waals surface area contributed by atoms with E-state index in [1.165, 1.54) is 0 Å². The van der Waals surface area contributed by atoms with Crippen molar-refractivity contribution < 1.29 is 41.0 Å². The van der Waals surface area contributed by atoms with E-state index in [4.69, 9.17) is 5.11 Å². The monoisotopic (exact) mass is 320 g/mol. The summed E-state index contributed by atoms with van der Waals surface area (Å²) >= 11 is 0. The highest BCUT2D eigenvalue weighted by atomic mass is 19.4. The Morgan fingerprint density at radius 3 is 2.14 bits per heavy atom. The van der Waals surface area contributed by atoms with Crippen LogP contribution >= 0.6 is 0 Å². The van der Waals surface area contributed by atoms with Crippen LogP contribution in [0.5, 0.6) is 0 Å². The maximum Gasteiger partial charge on any atom is 0.426 e. The number of aliphatic hydroxyl groups is 1. The Bertz CT molecular complexity index is 385. The van der Waals surface area contributed by atoms with Gasteiger partial charge in [-0.2, -0.15) is 26.3 Å². The molecule has 1 rings (SSSR count). The second-order valence-electron chi connectivity index (χ2n) is 4.75. The predicted molar refractivity (Wildman–Crippen MR) is 59.1 cm³/mol. The molecule has 21 heavy (non-hydrogen) atoms. The number of ether oxygens (including phenoxy) is 1. The van der Waals surface area contributed by atoms with E-state index in [0.29, 0.717) is 19.3 Å². The van der Waals surface area contributed by atoms with Gasteiger partial charge in [0.25, 0.3) is 5.60 Å². The number of carbonyl (C=O) groups is 1. The smallest absolute Gasteiger partial charge is 0.426 e. The Hall–Kier alpha value is -1.25. The molecule has 3 nitrogen and oxygen atoms in total. The van der Waals surface area contributed by atoms with Crippen molar-refractivity contribution in [3.63, 3.8) is 0 Å². The highest BCUT2D eigenvalue weighted by molar-refractivity contribution is 5.72. The molecule has 0 amide bonds. The van der Waals surface area contributed by atoms with Crippen LogP contribution in [0.2, 0.25) is 0 Å². The van der Waals surface area contributed by atoms with E-state index in [-0.39, 0.29) is 0 Å². The molecule has 0 aromatic rings. The fourth-order valence-corrected chi connectivity index (χ4v) is 1.87. The number of carbonyl (C=O) groups excluding carboxylic acids is 1. The van der Waals surface area contributed by atoms with E-state index in [1.54, 1.807) is 6.08 Å². The summed E-state index contributed by atoms with van der Waals surface area (Å²) in [6.07, 6.45) is -8.72. The summed E-state index contributed by atoms with van der Waals surface area (Å²) in [4.78, 5) is 11.5. The first-order valence-corrected chi connectivity index (χ1v) is 6.16. The summed E-state index contributed by atoms with van der Waals surface area (Å²) in [5, 5.41) is 8.86. The lowest BCUT2D eigenvalue weighted by Gasteiger charge is -2.32. The molecular formula is C12H14F6O3. The number of allylic oxidation sites excluding steroid dienone is 2. The molecule has 0 saturated heterocycles. The molecule has 1 atom stereocenters. The second kappa shape index (κ2) is 6.25. The molecule has 122 valence electrons. The molecule has 0 aromatic carbocycles. The van der Waals surface area contributed by atoms with Gasteiger partial charge in [0, 0.05) is 6.42 Å². The lowest BCUT2D eigenvalue weighted by molar-refractivity contribution is -0.371. The Kier molecular flexibility index (Phi) is 5.30. The Morgan fingerprint density at radius 2 is 1.71 bits per heavy atom. The largest absolute Gasteiger partial charge is 0.465 e. The minimum Gasteiger partial charge on any atom is -0.465 e. The zero-order valence-corrected chi connectivity index (χ0v) is 10.8. The zero-order valence-electron chi connectivity index (χ0n) is 10.8. The van der Waals surface area contributed by atoms with Crippen LogP contribution in [0.4, 0.5) is 26.3 Å². The summed E-state index contributed by atoms with van der Waals surface area (Å²) in [6, 6.07) is 0. The van der Waals surface area contributed by atoms with Gasteiger partial charge >= 0.3 is 18.3 Å². The molecule has 0 bridgehead atoms. The molecule has 1 aliphatic rings. The van der Waals surface area contributed by atoms with Crippen LogP contribution < -0.4 is 0 Å². The maximum absolute atomic E-state index is 12.4. The number of hydrogen-bond donors (Lipinski definition) is 1. The molecular weight excluding hydrogens is 306 g/mol. The van der Waals surface area contributed by atoms with E-state index in [2.05, 4.69) is 4.74 Å². The highest BCUT2D eigenvalue weighted by Gasteiger charge is 2.70. The van der Waals surface area contributed by atoms with Gasteiger partial charge in [-0.25, -0.2) is 0 Å². The van der Waals surface area contributed by atoms with Crippen LogP contribution in [0, 0.1) is 5.92 Å². The summed E-state index contributed by atoms with van der Waals surface area (Å²) in [7, 11) is 0. The fraction of sp³-hybridized carbons (Fsp3) is 0.750. The van der Waals surface area contributed by atoms with E-state index in [1.807, 2.05) is 6.08 Å². The average Bonchev–Trinajstić information content (AvgIpc) is 2.36. The fourth-order valence-electron chi connectivity index (χ4n) is 1.87. The molecule has 0 spiro atoms. The minimum atomic E-state index is -5.90. The van der Waals surface area contributed by atoms with Crippen molar-refractivity contribution in [3.05, 3.63) is 12.2 Å². The molecule has 0 radical (unpaired) electrons. The van der Waals surface area contributed by atoms with Gasteiger partial charge in [-0.15, -0.1) is 0 Å². The molecule has 0 aliphatic heterocycles. The van der Waals surface area contributed by atoms with Crippen molar-refractivity contribution in [3.8, 4) is 0 Å². The minimum absolute atomic E-state index is 0.335. The van der Waals surface area contributed by atoms with E-state index in [0.717, 1.165) is 0 Å². The third-order valence-electron chi connectivity index (χ3n) is 3.25. The Balaban J connectivity index is 2.59. The second-order valence-corrected chi connectivity index (χ2v) is 4.75. The number of esters is 1. The molecule has 0 heterocycles. The first kappa shape index (κ1) is 17.8. The van der Waals surface area contributed by atoms with Crippen LogP contribution in [0.1, 0.15) is 25.7 Å². The molecule has 0 aromatic heterocycles. The summed E-state index contributed by atoms with van der Waals surface area (Å²) < 4.78 is 78.6. The van der Waals surface area contributed by atoms with Gasteiger partial charge in [0.05, 0.1) is 12.5 Å². The molecule has 0 fully saturated rings. The average molecular weight is 320 g/mol. The van der Waals surface area contributed by atoms with Crippen molar-refractivity contribution in [2.24, 2.45) is 5.92 Å². The van der Waals surface area contributed by atoms with Gasteiger partial charge in [0.2, 0.25) is 0 Å². The SMILES string of the molecule is O=C(OCCC(O)(C(F)(F)F)C(F)(F)F)C1CC=CCC1. The first-order chi connectivity index (χ1) is 9.49. The number of alkyl halides is 6. The highest BCUT2D eigenvalue weighted by Crippen LogP contribution is 2.45. The molecule has 1 unspecified atom stereocenters. The van der Waals surface area contributed by atoms with Crippen molar-refractivity contribution in [1.29, 1.82) is 0 Å². The van der Waals surface area contributed by atoms with Gasteiger partial charge in [-0.1, -0.05) is 12.2 Å². The van der Waals surface area contributed by atoms with Crippen molar-refractivity contribution >= 4 is 5.97 Å². The third-order valence-corrected chi connectivity index (χ3v) is 3.25. The van der Waals surface area contributed by atoms with Gasteiger partial charge < -0.3 is 9.84 Å². The quantitative estimate of drug-likeness (QED) is 0.492. The lowest BCUT2D eigenvalue weighted by Crippen LogP contribution is -2.57. The molecule has 0 saturated carbocycles. The summed E-state index contributed by atoms with van der Waals surface area (Å²) in [5.74, 6) is -1.43. The number of hydrogen-bond acceptors (Lipinski definition) is 3. The standard InChI is InChI=1S/C12H14F6O3/c13-11(14,15)10(20,12(16,17)18)6-7-21-9(19)8-4-2-1-3-5-8/h1-2,8,20H,3-7H2. The molecule has 1 N–H and O–H groups in total. The molecule has 1 aliphatic carbocycles. The van der Waals surface area contributed by atoms with Crippen LogP contribution in [0.25, 0.3) is 0 Å². The van der Waals surface area contributed by atoms with E-state index in [9.17, 15) is 31.1 Å². The summed E-state index contributed by atoms with van der Waals surface area (Å²) in [6.45, 7) is -1.16. The normalized spacial score (nSPS) is 20.4. The van der Waals surface area contributed by atoms with Crippen LogP contribution in [0.3, 0.4) is 0 Å². The van der Waals surface area contributed by atoms with Crippen LogP contribution in [-0.4, -0.2) is 35.6 Å². The first-order valence-electron chi connectivity index (χ1n) is 6.16. The predicted octanol–water partition coefficient (Wildman–Crippen LogP) is 3.13. The van der Waals surface area contributed by atoms with Crippen molar-refractivity contribution in [2.45, 2.75) is 43.6 Å². The van der Waals surface area contributed by atoms with Gasteiger partial charge in [-0.05, 0) is 19.3 Å². The Morgan fingerprint density at radius 1 is 1.14 bits per heavy atom. The van der Waals surface area contributed by atoms with Crippen LogP contribution in [-0.2, 0) is 9.53 Å². The molecule has 9 heteroatoms. The van der Waals surface area contributed by atoms with Gasteiger partial charge in [-0.3, -0.25) is 4.79 Å². The van der Waals surface area contributed by atoms with Crippen molar-refractivity contribution in [1.82, 2.24) is 0 Å². The van der Waals surface area contributed by atoms with Crippen molar-refractivity contribution in [2.75, 3.05) is 6.61 Å². The van der Waals surface area contributed by atoms with E-state index < -0.39 is 42.9 Å². The van der Waals surface area contributed by atoms with Gasteiger partial charge in [0.1, 0.15) is 0 Å². The number of rotatable bonds is 4. The zero-order chi connectivity index (χ0) is 16.3. The maximum atomic E-state index is 12.4.